The summed E-state index contributed by atoms with van der Waals surface area (Å²) < 4.78 is 5.23. The number of hydrogen-bond acceptors (Lipinski definition) is 3. The van der Waals surface area contributed by atoms with Gasteiger partial charge in [-0.3, -0.25) is 0 Å². The number of hydrogen-bond donors (Lipinski definition) is 1. The lowest BCUT2D eigenvalue weighted by atomic mass is 10.0. The average Bonchev–Trinajstić information content (AvgIpc) is 2.45. The molecule has 0 fully saturated rings. The average molecular weight is 287 g/mol. The van der Waals surface area contributed by atoms with Gasteiger partial charge in [-0.25, -0.2) is 0 Å². The highest BCUT2D eigenvalue weighted by Crippen LogP contribution is 2.27. The van der Waals surface area contributed by atoms with E-state index in [2.05, 4.69) is 38.1 Å². The van der Waals surface area contributed by atoms with E-state index in [4.69, 9.17) is 10.5 Å². The van der Waals surface area contributed by atoms with Gasteiger partial charge in [0.15, 0.2) is 0 Å². The van der Waals surface area contributed by atoms with E-state index in [0.717, 1.165) is 11.5 Å². The van der Waals surface area contributed by atoms with Crippen molar-refractivity contribution in [3.8, 4) is 5.75 Å². The number of rotatable bonds is 5. The Labute approximate surface area is 125 Å². The van der Waals surface area contributed by atoms with Crippen LogP contribution in [0.1, 0.15) is 22.7 Å². The molecule has 0 heterocycles. The predicted molar refractivity (Wildman–Crippen MR) is 86.6 cm³/mol. The van der Waals surface area contributed by atoms with Crippen LogP contribution in [0.5, 0.6) is 5.75 Å². The molecule has 3 heteroatoms. The normalized spacial score (nSPS) is 12.2. The molecule has 1 unspecified atom stereocenters. The zero-order valence-electron chi connectivity index (χ0n) is 12.2. The highest BCUT2D eigenvalue weighted by Gasteiger charge is 2.10. The summed E-state index contributed by atoms with van der Waals surface area (Å²) in [6.07, 6.45) is 0. The molecule has 1 atom stereocenters. The van der Waals surface area contributed by atoms with Gasteiger partial charge in [-0.05, 0) is 43.2 Å². The smallest absolute Gasteiger partial charge is 0.119 e. The maximum absolute atomic E-state index is 6.31. The van der Waals surface area contributed by atoms with Crippen LogP contribution in [-0.4, -0.2) is 12.9 Å². The minimum absolute atomic E-state index is 0.0480. The second-order valence-corrected chi connectivity index (χ2v) is 6.05. The van der Waals surface area contributed by atoms with E-state index in [1.54, 1.807) is 18.9 Å². The van der Waals surface area contributed by atoms with Crippen LogP contribution in [0, 0.1) is 13.8 Å². The monoisotopic (exact) mass is 287 g/mol. The van der Waals surface area contributed by atoms with Crippen molar-refractivity contribution in [3.05, 3.63) is 59.2 Å². The number of nitrogens with two attached hydrogens (primary N) is 1. The van der Waals surface area contributed by atoms with Crippen molar-refractivity contribution >= 4 is 11.8 Å². The van der Waals surface area contributed by atoms with Gasteiger partial charge in [-0.2, -0.15) is 0 Å². The Balaban J connectivity index is 2.02. The van der Waals surface area contributed by atoms with Gasteiger partial charge in [0.1, 0.15) is 5.75 Å². The number of aryl methyl sites for hydroxylation is 2. The van der Waals surface area contributed by atoms with Crippen molar-refractivity contribution in [2.24, 2.45) is 5.73 Å². The molecule has 2 rings (SSSR count). The molecule has 0 saturated heterocycles. The minimum atomic E-state index is 0.0480. The summed E-state index contributed by atoms with van der Waals surface area (Å²) in [5.74, 6) is 1.74. The van der Waals surface area contributed by atoms with Crippen LogP contribution < -0.4 is 10.5 Å². The van der Waals surface area contributed by atoms with Crippen molar-refractivity contribution < 1.29 is 4.74 Å². The fraction of sp³-hybridized carbons (Fsp3) is 0.294. The Bertz CT molecular complexity index is 583. The van der Waals surface area contributed by atoms with Gasteiger partial charge in [0.05, 0.1) is 7.11 Å². The summed E-state index contributed by atoms with van der Waals surface area (Å²) in [5.41, 5.74) is 10.1. The molecule has 2 aromatic carbocycles. The minimum Gasteiger partial charge on any atom is -0.497 e. The number of thioether (sulfide) groups is 1. The van der Waals surface area contributed by atoms with E-state index in [0.29, 0.717) is 0 Å². The fourth-order valence-corrected chi connectivity index (χ4v) is 3.13. The van der Waals surface area contributed by atoms with Crippen LogP contribution in [0.4, 0.5) is 0 Å². The third-order valence-electron chi connectivity index (χ3n) is 3.30. The zero-order valence-corrected chi connectivity index (χ0v) is 13.0. The number of ether oxygens (including phenoxy) is 1. The third kappa shape index (κ3) is 3.78. The lowest BCUT2D eigenvalue weighted by Gasteiger charge is -2.15. The number of methoxy groups -OCH3 is 1. The Hall–Kier alpha value is -1.45. The van der Waals surface area contributed by atoms with Crippen LogP contribution >= 0.6 is 11.8 Å². The summed E-state index contributed by atoms with van der Waals surface area (Å²) in [6, 6.07) is 14.6. The standard InChI is InChI=1S/C17H21NOS/c1-12-7-8-16(13(2)9-12)17(18)11-20-15-6-4-5-14(10-15)19-3/h4-10,17H,11,18H2,1-3H3. The highest BCUT2D eigenvalue weighted by atomic mass is 32.2. The summed E-state index contributed by atoms with van der Waals surface area (Å²) in [4.78, 5) is 1.18. The highest BCUT2D eigenvalue weighted by molar-refractivity contribution is 7.99. The van der Waals surface area contributed by atoms with Gasteiger partial charge >= 0.3 is 0 Å². The SMILES string of the molecule is COc1cccc(SCC(N)c2ccc(C)cc2C)c1. The molecule has 2 N–H and O–H groups in total. The summed E-state index contributed by atoms with van der Waals surface area (Å²) in [5, 5.41) is 0. The predicted octanol–water partition coefficient (Wildman–Crippen LogP) is 4.10. The van der Waals surface area contributed by atoms with E-state index in [-0.39, 0.29) is 6.04 Å². The molecule has 20 heavy (non-hydrogen) atoms. The molecule has 0 amide bonds. The largest absolute Gasteiger partial charge is 0.497 e. The van der Waals surface area contributed by atoms with Crippen LogP contribution in [-0.2, 0) is 0 Å². The van der Waals surface area contributed by atoms with Gasteiger partial charge in [-0.15, -0.1) is 11.8 Å². The van der Waals surface area contributed by atoms with Gasteiger partial charge in [0, 0.05) is 16.7 Å². The van der Waals surface area contributed by atoms with Crippen molar-refractivity contribution in [1.29, 1.82) is 0 Å². The lowest BCUT2D eigenvalue weighted by molar-refractivity contribution is 0.413. The molecular weight excluding hydrogens is 266 g/mol. The molecule has 0 aliphatic heterocycles. The topological polar surface area (TPSA) is 35.2 Å². The van der Waals surface area contributed by atoms with Crippen LogP contribution in [0.25, 0.3) is 0 Å². The number of benzene rings is 2. The summed E-state index contributed by atoms with van der Waals surface area (Å²) in [7, 11) is 1.69. The van der Waals surface area contributed by atoms with Gasteiger partial charge in [-0.1, -0.05) is 29.8 Å². The Kier molecular flexibility index (Phi) is 5.10. The fourth-order valence-electron chi connectivity index (χ4n) is 2.21. The van der Waals surface area contributed by atoms with Gasteiger partial charge in [0.25, 0.3) is 0 Å². The molecule has 0 aliphatic rings. The van der Waals surface area contributed by atoms with Crippen molar-refractivity contribution in [1.82, 2.24) is 0 Å². The first-order valence-electron chi connectivity index (χ1n) is 6.69. The Morgan fingerprint density at radius 2 is 1.95 bits per heavy atom. The van der Waals surface area contributed by atoms with Gasteiger partial charge in [0.2, 0.25) is 0 Å². The first-order valence-corrected chi connectivity index (χ1v) is 7.68. The third-order valence-corrected chi connectivity index (χ3v) is 4.41. The van der Waals surface area contributed by atoms with E-state index in [9.17, 15) is 0 Å². The molecule has 0 spiro atoms. The molecule has 0 aliphatic carbocycles. The molecule has 2 aromatic rings. The molecule has 0 saturated carbocycles. The maximum atomic E-state index is 6.31. The van der Waals surface area contributed by atoms with E-state index < -0.39 is 0 Å². The van der Waals surface area contributed by atoms with E-state index >= 15 is 0 Å². The summed E-state index contributed by atoms with van der Waals surface area (Å²) in [6.45, 7) is 4.23. The second-order valence-electron chi connectivity index (χ2n) is 4.96. The lowest BCUT2D eigenvalue weighted by Crippen LogP contribution is -2.14. The molecule has 2 nitrogen and oxygen atoms in total. The van der Waals surface area contributed by atoms with E-state index in [1.165, 1.54) is 21.6 Å². The zero-order chi connectivity index (χ0) is 14.5. The first-order chi connectivity index (χ1) is 9.60. The quantitative estimate of drug-likeness (QED) is 0.841. The molecule has 0 radical (unpaired) electrons. The van der Waals surface area contributed by atoms with Crippen molar-refractivity contribution in [2.45, 2.75) is 24.8 Å². The summed E-state index contributed by atoms with van der Waals surface area (Å²) >= 11 is 1.76. The van der Waals surface area contributed by atoms with Gasteiger partial charge < -0.3 is 10.5 Å². The van der Waals surface area contributed by atoms with Crippen molar-refractivity contribution in [2.75, 3.05) is 12.9 Å². The molecule has 106 valence electrons. The second kappa shape index (κ2) is 6.82. The van der Waals surface area contributed by atoms with Crippen molar-refractivity contribution in [3.63, 3.8) is 0 Å². The van der Waals surface area contributed by atoms with Crippen LogP contribution in [0.2, 0.25) is 0 Å². The van der Waals surface area contributed by atoms with E-state index in [1.807, 2.05) is 18.2 Å². The van der Waals surface area contributed by atoms with Crippen LogP contribution in [0.15, 0.2) is 47.4 Å². The molecule has 0 bridgehead atoms. The van der Waals surface area contributed by atoms with Crippen LogP contribution in [0.3, 0.4) is 0 Å². The molecule has 0 aromatic heterocycles. The Morgan fingerprint density at radius 3 is 2.65 bits per heavy atom. The first kappa shape index (κ1) is 14.9. The Morgan fingerprint density at radius 1 is 1.15 bits per heavy atom. The maximum Gasteiger partial charge on any atom is 0.119 e. The molecular formula is C17H21NOS.